The van der Waals surface area contributed by atoms with Gasteiger partial charge in [-0.25, -0.2) is 9.18 Å². The van der Waals surface area contributed by atoms with Gasteiger partial charge in [0.15, 0.2) is 0 Å². The van der Waals surface area contributed by atoms with Gasteiger partial charge in [0.1, 0.15) is 5.82 Å². The van der Waals surface area contributed by atoms with Crippen LogP contribution < -0.4 is 5.32 Å². The van der Waals surface area contributed by atoms with Crippen LogP contribution >= 0.6 is 0 Å². The van der Waals surface area contributed by atoms with Crippen molar-refractivity contribution in [2.24, 2.45) is 0 Å². The van der Waals surface area contributed by atoms with Crippen LogP contribution in [-0.4, -0.2) is 24.0 Å². The molecule has 0 saturated carbocycles. The molecule has 0 saturated heterocycles. The van der Waals surface area contributed by atoms with Crippen molar-refractivity contribution < 1.29 is 9.18 Å². The molecule has 0 fully saturated rings. The number of rotatable bonds is 6. The number of nitrogens with zero attached hydrogens (tertiary/aromatic N) is 1. The van der Waals surface area contributed by atoms with Crippen LogP contribution in [-0.2, 0) is 6.54 Å². The fourth-order valence-electron chi connectivity index (χ4n) is 1.48. The molecule has 96 valence electrons. The number of halogens is 1. The molecule has 0 atom stereocenters. The van der Waals surface area contributed by atoms with E-state index in [1.165, 1.54) is 11.0 Å². The van der Waals surface area contributed by atoms with Crippen LogP contribution in [0.5, 0.6) is 0 Å². The van der Waals surface area contributed by atoms with Crippen LogP contribution in [0, 0.1) is 5.82 Å². The SMILES string of the molecule is C=CCN(CC=C)C(=O)NCc1ccccc1F. The molecular formula is C14H17FN2O. The van der Waals surface area contributed by atoms with Crippen LogP contribution in [0.15, 0.2) is 49.6 Å². The van der Waals surface area contributed by atoms with Crippen molar-refractivity contribution in [2.45, 2.75) is 6.54 Å². The molecule has 0 unspecified atom stereocenters. The quantitative estimate of drug-likeness (QED) is 0.771. The number of amides is 2. The van der Waals surface area contributed by atoms with Gasteiger partial charge in [-0.2, -0.15) is 0 Å². The third kappa shape index (κ3) is 4.05. The maximum absolute atomic E-state index is 13.3. The summed E-state index contributed by atoms with van der Waals surface area (Å²) in [7, 11) is 0. The van der Waals surface area contributed by atoms with Crippen molar-refractivity contribution in [3.63, 3.8) is 0 Å². The lowest BCUT2D eigenvalue weighted by Gasteiger charge is -2.19. The van der Waals surface area contributed by atoms with E-state index >= 15 is 0 Å². The molecule has 18 heavy (non-hydrogen) atoms. The highest BCUT2D eigenvalue weighted by Crippen LogP contribution is 2.05. The molecule has 1 rings (SSSR count). The Kier molecular flexibility index (Phi) is 5.64. The van der Waals surface area contributed by atoms with Crippen molar-refractivity contribution in [3.8, 4) is 0 Å². The molecule has 1 aromatic carbocycles. The molecule has 0 aliphatic heterocycles. The number of hydrogen-bond donors (Lipinski definition) is 1. The predicted molar refractivity (Wildman–Crippen MR) is 70.6 cm³/mol. The van der Waals surface area contributed by atoms with Gasteiger partial charge in [-0.3, -0.25) is 0 Å². The van der Waals surface area contributed by atoms with E-state index in [-0.39, 0.29) is 18.4 Å². The van der Waals surface area contributed by atoms with E-state index in [9.17, 15) is 9.18 Å². The monoisotopic (exact) mass is 248 g/mol. The number of nitrogens with one attached hydrogen (secondary N) is 1. The van der Waals surface area contributed by atoms with Gasteiger partial charge in [0.2, 0.25) is 0 Å². The van der Waals surface area contributed by atoms with Crippen LogP contribution in [0.1, 0.15) is 5.56 Å². The highest BCUT2D eigenvalue weighted by molar-refractivity contribution is 5.74. The third-order valence-corrected chi connectivity index (χ3v) is 2.37. The largest absolute Gasteiger partial charge is 0.334 e. The third-order valence-electron chi connectivity index (χ3n) is 2.37. The van der Waals surface area contributed by atoms with Crippen LogP contribution in [0.4, 0.5) is 9.18 Å². The second-order valence-electron chi connectivity index (χ2n) is 3.73. The van der Waals surface area contributed by atoms with Crippen LogP contribution in [0.2, 0.25) is 0 Å². The Balaban J connectivity index is 2.56. The normalized spacial score (nSPS) is 9.61. The Morgan fingerprint density at radius 1 is 1.28 bits per heavy atom. The molecule has 1 aromatic rings. The Bertz CT molecular complexity index is 422. The van der Waals surface area contributed by atoms with E-state index in [0.29, 0.717) is 18.7 Å². The number of carbonyl (C=O) groups is 1. The molecule has 0 aliphatic carbocycles. The first-order chi connectivity index (χ1) is 8.69. The Morgan fingerprint density at radius 2 is 1.89 bits per heavy atom. The average Bonchev–Trinajstić information content (AvgIpc) is 2.37. The topological polar surface area (TPSA) is 32.3 Å². The summed E-state index contributed by atoms with van der Waals surface area (Å²) in [5.74, 6) is -0.322. The summed E-state index contributed by atoms with van der Waals surface area (Å²) in [6, 6.07) is 6.09. The molecule has 0 bridgehead atoms. The van der Waals surface area contributed by atoms with Gasteiger partial charge in [-0.15, -0.1) is 13.2 Å². The van der Waals surface area contributed by atoms with E-state index in [1.54, 1.807) is 30.4 Å². The van der Waals surface area contributed by atoms with E-state index in [1.807, 2.05) is 0 Å². The summed E-state index contributed by atoms with van der Waals surface area (Å²) in [6.45, 7) is 8.18. The first-order valence-electron chi connectivity index (χ1n) is 5.67. The van der Waals surface area contributed by atoms with Crippen LogP contribution in [0.3, 0.4) is 0 Å². The fraction of sp³-hybridized carbons (Fsp3) is 0.214. The van der Waals surface area contributed by atoms with E-state index in [0.717, 1.165) is 0 Å². The molecule has 4 heteroatoms. The molecule has 1 N–H and O–H groups in total. The predicted octanol–water partition coefficient (Wildman–Crippen LogP) is 2.71. The van der Waals surface area contributed by atoms with E-state index in [2.05, 4.69) is 18.5 Å². The van der Waals surface area contributed by atoms with Crippen molar-refractivity contribution in [3.05, 3.63) is 61.0 Å². The Morgan fingerprint density at radius 3 is 2.44 bits per heavy atom. The van der Waals surface area contributed by atoms with Gasteiger partial charge in [0.05, 0.1) is 0 Å². The summed E-state index contributed by atoms with van der Waals surface area (Å²) < 4.78 is 13.3. The first-order valence-corrected chi connectivity index (χ1v) is 5.67. The highest BCUT2D eigenvalue weighted by Gasteiger charge is 2.10. The maximum Gasteiger partial charge on any atom is 0.318 e. The van der Waals surface area contributed by atoms with Gasteiger partial charge in [-0.1, -0.05) is 30.4 Å². The van der Waals surface area contributed by atoms with E-state index in [4.69, 9.17) is 0 Å². The maximum atomic E-state index is 13.3. The smallest absolute Gasteiger partial charge is 0.318 e. The lowest BCUT2D eigenvalue weighted by atomic mass is 10.2. The van der Waals surface area contributed by atoms with Gasteiger partial charge in [0.25, 0.3) is 0 Å². The summed E-state index contributed by atoms with van der Waals surface area (Å²) in [6.07, 6.45) is 3.26. The molecule has 2 amide bonds. The molecule has 3 nitrogen and oxygen atoms in total. The number of hydrogen-bond acceptors (Lipinski definition) is 1. The minimum Gasteiger partial charge on any atom is -0.334 e. The van der Waals surface area contributed by atoms with Gasteiger partial charge in [0, 0.05) is 25.2 Å². The lowest BCUT2D eigenvalue weighted by Crippen LogP contribution is -2.39. The minimum atomic E-state index is -0.322. The summed E-state index contributed by atoms with van der Waals surface area (Å²) in [5, 5.41) is 2.66. The summed E-state index contributed by atoms with van der Waals surface area (Å²) >= 11 is 0. The van der Waals surface area contributed by atoms with Crippen molar-refractivity contribution in [1.29, 1.82) is 0 Å². The fourth-order valence-corrected chi connectivity index (χ4v) is 1.48. The first kappa shape index (κ1) is 14.0. The second-order valence-corrected chi connectivity index (χ2v) is 3.73. The van der Waals surface area contributed by atoms with Gasteiger partial charge >= 0.3 is 6.03 Å². The zero-order chi connectivity index (χ0) is 13.4. The Labute approximate surface area is 107 Å². The number of benzene rings is 1. The second kappa shape index (κ2) is 7.27. The molecule has 0 aliphatic rings. The zero-order valence-electron chi connectivity index (χ0n) is 10.2. The molecule has 0 spiro atoms. The zero-order valence-corrected chi connectivity index (χ0v) is 10.2. The highest BCUT2D eigenvalue weighted by atomic mass is 19.1. The van der Waals surface area contributed by atoms with Gasteiger partial charge in [-0.05, 0) is 6.07 Å². The average molecular weight is 248 g/mol. The number of carbonyl (C=O) groups excluding carboxylic acids is 1. The molecule has 0 heterocycles. The summed E-state index contributed by atoms with van der Waals surface area (Å²) in [4.78, 5) is 13.3. The van der Waals surface area contributed by atoms with Crippen molar-refractivity contribution >= 4 is 6.03 Å². The molecular weight excluding hydrogens is 231 g/mol. The summed E-state index contributed by atoms with van der Waals surface area (Å²) in [5.41, 5.74) is 0.461. The molecule has 0 radical (unpaired) electrons. The standard InChI is InChI=1S/C14H17FN2O/c1-3-9-17(10-4-2)14(18)16-11-12-7-5-6-8-13(12)15/h3-8H,1-2,9-11H2,(H,16,18). The minimum absolute atomic E-state index is 0.163. The van der Waals surface area contributed by atoms with Crippen molar-refractivity contribution in [1.82, 2.24) is 10.2 Å². The van der Waals surface area contributed by atoms with Crippen LogP contribution in [0.25, 0.3) is 0 Å². The van der Waals surface area contributed by atoms with E-state index < -0.39 is 0 Å². The Hall–Kier alpha value is -2.10. The number of urea groups is 1. The lowest BCUT2D eigenvalue weighted by molar-refractivity contribution is 0.207. The van der Waals surface area contributed by atoms with Crippen molar-refractivity contribution in [2.75, 3.05) is 13.1 Å². The van der Waals surface area contributed by atoms with Gasteiger partial charge < -0.3 is 10.2 Å². The molecule has 0 aromatic heterocycles.